The lowest BCUT2D eigenvalue weighted by Crippen LogP contribution is -2.37. The van der Waals surface area contributed by atoms with Crippen LogP contribution >= 0.6 is 27.5 Å². The molecule has 3 aromatic carbocycles. The zero-order chi connectivity index (χ0) is 25.4. The molecular weight excluding hydrogens is 534 g/mol. The van der Waals surface area contributed by atoms with Crippen molar-refractivity contribution in [3.05, 3.63) is 122 Å². The van der Waals surface area contributed by atoms with Gasteiger partial charge in [0.1, 0.15) is 5.75 Å². The van der Waals surface area contributed by atoms with Crippen molar-refractivity contribution in [1.29, 1.82) is 0 Å². The number of dihydropyridines is 1. The van der Waals surface area contributed by atoms with E-state index in [9.17, 15) is 4.79 Å². The van der Waals surface area contributed by atoms with Gasteiger partial charge >= 0.3 is 0 Å². The molecule has 0 radical (unpaired) electrons. The van der Waals surface area contributed by atoms with E-state index in [0.717, 1.165) is 55.9 Å². The van der Waals surface area contributed by atoms with E-state index in [1.165, 1.54) is 0 Å². The molecular formula is C31H27BrClNO2. The SMILES string of the molecule is COc1ccc(C2=CC(c3ccc(Cl)cc3)C3=C(CC(C)(C)/C(=C/c4ccc(Br)cc4)C3=O)N2)cc1. The maximum atomic E-state index is 14.2. The lowest BCUT2D eigenvalue weighted by Gasteiger charge is -2.40. The Morgan fingerprint density at radius 2 is 1.67 bits per heavy atom. The van der Waals surface area contributed by atoms with Gasteiger partial charge in [-0.3, -0.25) is 4.79 Å². The van der Waals surface area contributed by atoms with Gasteiger partial charge in [-0.25, -0.2) is 0 Å². The van der Waals surface area contributed by atoms with E-state index in [1.807, 2.05) is 78.9 Å². The third-order valence-electron chi connectivity index (χ3n) is 6.90. The van der Waals surface area contributed by atoms with E-state index in [-0.39, 0.29) is 17.1 Å². The molecule has 182 valence electrons. The normalized spacial score (nSPS) is 20.0. The third-order valence-corrected chi connectivity index (χ3v) is 7.68. The monoisotopic (exact) mass is 559 g/mol. The average molecular weight is 561 g/mol. The summed E-state index contributed by atoms with van der Waals surface area (Å²) < 4.78 is 6.35. The first-order chi connectivity index (χ1) is 17.2. The Morgan fingerprint density at radius 3 is 2.31 bits per heavy atom. The molecule has 0 fully saturated rings. The third kappa shape index (κ3) is 4.80. The summed E-state index contributed by atoms with van der Waals surface area (Å²) in [5.41, 5.74) is 6.36. The van der Waals surface area contributed by atoms with E-state index in [2.05, 4.69) is 41.2 Å². The van der Waals surface area contributed by atoms with Crippen molar-refractivity contribution in [2.75, 3.05) is 7.11 Å². The molecule has 1 N–H and O–H groups in total. The summed E-state index contributed by atoms with van der Waals surface area (Å²) in [4.78, 5) is 14.2. The summed E-state index contributed by atoms with van der Waals surface area (Å²) >= 11 is 9.70. The van der Waals surface area contributed by atoms with Gasteiger partial charge < -0.3 is 10.1 Å². The zero-order valence-corrected chi connectivity index (χ0v) is 22.8. The second-order valence-corrected chi connectivity index (χ2v) is 11.2. The van der Waals surface area contributed by atoms with Gasteiger partial charge in [-0.15, -0.1) is 0 Å². The molecule has 1 heterocycles. The van der Waals surface area contributed by atoms with Crippen molar-refractivity contribution in [2.24, 2.45) is 5.41 Å². The zero-order valence-electron chi connectivity index (χ0n) is 20.4. The quantitative estimate of drug-likeness (QED) is 0.327. The number of ketones is 1. The van der Waals surface area contributed by atoms with E-state index in [4.69, 9.17) is 16.3 Å². The summed E-state index contributed by atoms with van der Waals surface area (Å²) in [5, 5.41) is 4.29. The van der Waals surface area contributed by atoms with Crippen LogP contribution in [-0.4, -0.2) is 12.9 Å². The van der Waals surface area contributed by atoms with Gasteiger partial charge in [-0.1, -0.05) is 65.6 Å². The molecule has 3 aromatic rings. The average Bonchev–Trinajstić information content (AvgIpc) is 2.87. The molecule has 3 nitrogen and oxygen atoms in total. The molecule has 5 rings (SSSR count). The minimum atomic E-state index is -0.330. The highest BCUT2D eigenvalue weighted by molar-refractivity contribution is 9.10. The smallest absolute Gasteiger partial charge is 0.188 e. The molecule has 1 atom stereocenters. The van der Waals surface area contributed by atoms with Crippen molar-refractivity contribution in [3.63, 3.8) is 0 Å². The van der Waals surface area contributed by atoms with Gasteiger partial charge in [0.05, 0.1) is 7.11 Å². The van der Waals surface area contributed by atoms with Gasteiger partial charge in [0, 0.05) is 38.0 Å². The van der Waals surface area contributed by atoms with Gasteiger partial charge in [0.15, 0.2) is 5.78 Å². The van der Waals surface area contributed by atoms with Crippen molar-refractivity contribution < 1.29 is 9.53 Å². The highest BCUT2D eigenvalue weighted by Gasteiger charge is 2.42. The van der Waals surface area contributed by atoms with Gasteiger partial charge in [-0.2, -0.15) is 0 Å². The topological polar surface area (TPSA) is 38.3 Å². The Bertz CT molecular complexity index is 1400. The van der Waals surface area contributed by atoms with Crippen LogP contribution in [0.5, 0.6) is 5.75 Å². The maximum Gasteiger partial charge on any atom is 0.188 e. The van der Waals surface area contributed by atoms with Crippen LogP contribution in [0.25, 0.3) is 11.8 Å². The fourth-order valence-corrected chi connectivity index (χ4v) is 5.37. The number of benzene rings is 3. The number of hydrogen-bond acceptors (Lipinski definition) is 3. The molecule has 0 spiro atoms. The van der Waals surface area contributed by atoms with Crippen LogP contribution in [0.15, 0.2) is 100 Å². The van der Waals surface area contributed by atoms with Crippen LogP contribution in [0.2, 0.25) is 5.02 Å². The molecule has 5 heteroatoms. The van der Waals surface area contributed by atoms with Crippen LogP contribution in [0.1, 0.15) is 42.9 Å². The second-order valence-electron chi connectivity index (χ2n) is 9.85. The predicted octanol–water partition coefficient (Wildman–Crippen LogP) is 8.18. The van der Waals surface area contributed by atoms with Crippen LogP contribution < -0.4 is 10.1 Å². The van der Waals surface area contributed by atoms with Crippen molar-refractivity contribution in [1.82, 2.24) is 5.32 Å². The Morgan fingerprint density at radius 1 is 1.00 bits per heavy atom. The molecule has 1 unspecified atom stereocenters. The molecule has 0 aromatic heterocycles. The molecule has 0 bridgehead atoms. The van der Waals surface area contributed by atoms with E-state index in [0.29, 0.717) is 5.02 Å². The van der Waals surface area contributed by atoms with E-state index in [1.54, 1.807) is 7.11 Å². The number of nitrogens with one attached hydrogen (secondary N) is 1. The molecule has 0 amide bonds. The summed E-state index contributed by atoms with van der Waals surface area (Å²) in [6.07, 6.45) is 4.92. The predicted molar refractivity (Wildman–Crippen MR) is 151 cm³/mol. The number of Topliss-reactive ketones (excluding diaryl/α,β-unsaturated/α-hetero) is 1. The van der Waals surface area contributed by atoms with Crippen LogP contribution in [-0.2, 0) is 4.79 Å². The lowest BCUT2D eigenvalue weighted by atomic mass is 9.67. The number of methoxy groups -OCH3 is 1. The van der Waals surface area contributed by atoms with Crippen LogP contribution in [0.3, 0.4) is 0 Å². The first kappa shape index (κ1) is 24.6. The number of halogens is 2. The molecule has 36 heavy (non-hydrogen) atoms. The number of hydrogen-bond donors (Lipinski definition) is 1. The Labute approximate surface area is 225 Å². The van der Waals surface area contributed by atoms with Crippen molar-refractivity contribution in [2.45, 2.75) is 26.2 Å². The maximum absolute atomic E-state index is 14.2. The minimum absolute atomic E-state index is 0.0849. The van der Waals surface area contributed by atoms with Gasteiger partial charge in [0.25, 0.3) is 0 Å². The second kappa shape index (κ2) is 9.76. The fourth-order valence-electron chi connectivity index (χ4n) is 4.98. The number of carbonyl (C=O) groups is 1. The number of rotatable bonds is 4. The summed E-state index contributed by atoms with van der Waals surface area (Å²) in [6, 6.07) is 23.8. The Hall–Kier alpha value is -3.08. The molecule has 1 aliphatic carbocycles. The number of ether oxygens (including phenoxy) is 1. The highest BCUT2D eigenvalue weighted by atomic mass is 79.9. The largest absolute Gasteiger partial charge is 0.497 e. The van der Waals surface area contributed by atoms with Crippen molar-refractivity contribution in [3.8, 4) is 5.75 Å². The number of carbonyl (C=O) groups excluding carboxylic acids is 1. The molecule has 0 saturated heterocycles. The first-order valence-electron chi connectivity index (χ1n) is 11.9. The molecule has 1 aliphatic heterocycles. The van der Waals surface area contributed by atoms with E-state index >= 15 is 0 Å². The molecule has 2 aliphatic rings. The van der Waals surface area contributed by atoms with Crippen LogP contribution in [0.4, 0.5) is 0 Å². The molecule has 0 saturated carbocycles. The van der Waals surface area contributed by atoms with Gasteiger partial charge in [0.2, 0.25) is 0 Å². The van der Waals surface area contributed by atoms with Crippen LogP contribution in [0, 0.1) is 5.41 Å². The standard InChI is InChI=1S/C31H27BrClNO2/c1-31(2)18-28-29(30(35)26(31)16-19-4-10-22(32)11-5-19)25(20-6-12-23(33)13-7-20)17-27(34-28)21-8-14-24(36-3)15-9-21/h4-17,25,34H,18H2,1-3H3/b26-16+. The summed E-state index contributed by atoms with van der Waals surface area (Å²) in [5.74, 6) is 0.704. The summed E-state index contributed by atoms with van der Waals surface area (Å²) in [6.45, 7) is 4.29. The van der Waals surface area contributed by atoms with E-state index < -0.39 is 0 Å². The minimum Gasteiger partial charge on any atom is -0.497 e. The Kier molecular flexibility index (Phi) is 6.67. The lowest BCUT2D eigenvalue weighted by molar-refractivity contribution is -0.113. The highest BCUT2D eigenvalue weighted by Crippen LogP contribution is 2.48. The number of allylic oxidation sites excluding steroid dienone is 4. The Balaban J connectivity index is 1.62. The van der Waals surface area contributed by atoms with Gasteiger partial charge in [-0.05, 0) is 89.2 Å². The van der Waals surface area contributed by atoms with Crippen molar-refractivity contribution >= 4 is 45.1 Å². The fraction of sp³-hybridized carbons (Fsp3) is 0.194. The summed E-state index contributed by atoms with van der Waals surface area (Å²) in [7, 11) is 1.66. The first-order valence-corrected chi connectivity index (χ1v) is 13.1.